The van der Waals surface area contributed by atoms with Gasteiger partial charge in [-0.3, -0.25) is 4.79 Å². The zero-order valence-electron chi connectivity index (χ0n) is 15.1. The number of carbonyl (C=O) groups is 2. The predicted molar refractivity (Wildman–Crippen MR) is 102 cm³/mol. The quantitative estimate of drug-likeness (QED) is 0.393. The fraction of sp³-hybridized carbons (Fsp3) is 0.562. The first-order valence-corrected chi connectivity index (χ1v) is 9.30. The van der Waals surface area contributed by atoms with Crippen LogP contribution in [-0.2, 0) is 9.53 Å². The van der Waals surface area contributed by atoms with Gasteiger partial charge in [-0.05, 0) is 54.4 Å². The summed E-state index contributed by atoms with van der Waals surface area (Å²) in [5, 5.41) is 19.2. The Kier molecular flexibility index (Phi) is 6.46. The third-order valence-corrected chi connectivity index (χ3v) is 4.38. The molecule has 1 unspecified atom stereocenters. The molecule has 0 aliphatic carbocycles. The van der Waals surface area contributed by atoms with E-state index in [9.17, 15) is 19.8 Å². The van der Waals surface area contributed by atoms with Crippen LogP contribution in [0.15, 0.2) is 16.7 Å². The van der Waals surface area contributed by atoms with Crippen molar-refractivity contribution in [3.63, 3.8) is 0 Å². The molecule has 1 aromatic heterocycles. The SMILES string of the molecule is [B]C(O)(O)C(=O)N1CCN(C(=O)OC(C)(C)C)CC1c1cc(Cl)nc(Br)c1. The molecule has 2 heterocycles. The van der Waals surface area contributed by atoms with Crippen LogP contribution in [0.3, 0.4) is 0 Å². The van der Waals surface area contributed by atoms with Crippen molar-refractivity contribution >= 4 is 47.4 Å². The second-order valence-electron chi connectivity index (χ2n) is 7.21. The maximum Gasteiger partial charge on any atom is 0.410 e. The summed E-state index contributed by atoms with van der Waals surface area (Å²) >= 11 is 9.23. The van der Waals surface area contributed by atoms with Crippen LogP contribution >= 0.6 is 27.5 Å². The number of ether oxygens (including phenoxy) is 1. The molecule has 2 radical (unpaired) electrons. The van der Waals surface area contributed by atoms with Crippen molar-refractivity contribution in [2.45, 2.75) is 38.1 Å². The van der Waals surface area contributed by atoms with Crippen molar-refractivity contribution in [1.29, 1.82) is 0 Å². The molecule has 11 heteroatoms. The van der Waals surface area contributed by atoms with Gasteiger partial charge in [-0.25, -0.2) is 9.78 Å². The van der Waals surface area contributed by atoms with E-state index in [1.54, 1.807) is 26.8 Å². The first-order valence-electron chi connectivity index (χ1n) is 8.13. The molecule has 27 heavy (non-hydrogen) atoms. The molecule has 8 nitrogen and oxygen atoms in total. The highest BCUT2D eigenvalue weighted by Crippen LogP contribution is 2.30. The number of halogens is 2. The van der Waals surface area contributed by atoms with Crippen molar-refractivity contribution in [2.75, 3.05) is 19.6 Å². The number of hydrogen-bond donors (Lipinski definition) is 2. The van der Waals surface area contributed by atoms with E-state index in [4.69, 9.17) is 24.2 Å². The van der Waals surface area contributed by atoms with Crippen molar-refractivity contribution in [1.82, 2.24) is 14.8 Å². The van der Waals surface area contributed by atoms with Crippen molar-refractivity contribution in [3.8, 4) is 0 Å². The molecule has 0 saturated carbocycles. The molecule has 1 fully saturated rings. The molecule has 0 bridgehead atoms. The molecule has 0 aromatic carbocycles. The minimum absolute atomic E-state index is 0.0281. The second kappa shape index (κ2) is 7.94. The summed E-state index contributed by atoms with van der Waals surface area (Å²) in [6.45, 7) is 5.49. The van der Waals surface area contributed by atoms with E-state index in [1.165, 1.54) is 15.9 Å². The summed E-state index contributed by atoms with van der Waals surface area (Å²) in [5.41, 5.74) is -3.15. The molecule has 2 amide bonds. The predicted octanol–water partition coefficient (Wildman–Crippen LogP) is 1.42. The monoisotopic (exact) mass is 459 g/mol. The lowest BCUT2D eigenvalue weighted by Gasteiger charge is -2.43. The molecular weight excluding hydrogens is 440 g/mol. The molecule has 1 atom stereocenters. The Morgan fingerprint density at radius 2 is 1.96 bits per heavy atom. The van der Waals surface area contributed by atoms with Crippen LogP contribution in [0.2, 0.25) is 5.15 Å². The van der Waals surface area contributed by atoms with Gasteiger partial charge in [0.1, 0.15) is 15.4 Å². The van der Waals surface area contributed by atoms with Crippen LogP contribution in [0.1, 0.15) is 32.4 Å². The summed E-state index contributed by atoms with van der Waals surface area (Å²) in [6.07, 6.45) is -0.536. The van der Waals surface area contributed by atoms with E-state index in [1.807, 2.05) is 0 Å². The summed E-state index contributed by atoms with van der Waals surface area (Å²) in [6, 6.07) is 2.43. The third-order valence-electron chi connectivity index (χ3n) is 3.78. The van der Waals surface area contributed by atoms with Crippen molar-refractivity contribution in [2.24, 2.45) is 0 Å². The zero-order valence-corrected chi connectivity index (χ0v) is 17.5. The Balaban J connectivity index is 2.35. The third kappa shape index (κ3) is 5.81. The molecule has 1 aliphatic rings. The number of nitrogens with zero attached hydrogens (tertiary/aromatic N) is 3. The Labute approximate surface area is 172 Å². The Morgan fingerprint density at radius 3 is 2.48 bits per heavy atom. The fourth-order valence-electron chi connectivity index (χ4n) is 2.69. The number of carbonyl (C=O) groups excluding carboxylic acids is 2. The maximum atomic E-state index is 12.4. The first kappa shape index (κ1) is 21.9. The van der Waals surface area contributed by atoms with Gasteiger partial charge >= 0.3 is 6.09 Å². The molecule has 146 valence electrons. The van der Waals surface area contributed by atoms with E-state index < -0.39 is 29.3 Å². The highest BCUT2D eigenvalue weighted by Gasteiger charge is 2.40. The van der Waals surface area contributed by atoms with Gasteiger partial charge in [0.25, 0.3) is 5.91 Å². The van der Waals surface area contributed by atoms with Crippen LogP contribution in [0.5, 0.6) is 0 Å². The Bertz CT molecular complexity index is 717. The van der Waals surface area contributed by atoms with Crippen molar-refractivity contribution in [3.05, 3.63) is 27.5 Å². The number of amides is 2. The largest absolute Gasteiger partial charge is 0.444 e. The molecule has 1 aromatic rings. The van der Waals surface area contributed by atoms with Crippen LogP contribution in [0.25, 0.3) is 0 Å². The lowest BCUT2D eigenvalue weighted by Crippen LogP contribution is -2.58. The van der Waals surface area contributed by atoms with Gasteiger partial charge in [-0.1, -0.05) is 11.6 Å². The van der Waals surface area contributed by atoms with E-state index >= 15 is 0 Å². The van der Waals surface area contributed by atoms with Gasteiger partial charge in [0.05, 0.1) is 6.04 Å². The number of pyridine rings is 1. The van der Waals surface area contributed by atoms with Crippen LogP contribution in [0, 0.1) is 0 Å². The highest BCUT2D eigenvalue weighted by molar-refractivity contribution is 9.10. The van der Waals surface area contributed by atoms with Crippen molar-refractivity contribution < 1.29 is 24.5 Å². The molecule has 0 spiro atoms. The van der Waals surface area contributed by atoms with E-state index in [-0.39, 0.29) is 24.8 Å². The molecular formula is C16H20BBrClN3O5. The van der Waals surface area contributed by atoms with Gasteiger partial charge in [-0.2, -0.15) is 0 Å². The van der Waals surface area contributed by atoms with Gasteiger partial charge < -0.3 is 24.7 Å². The fourth-order valence-corrected chi connectivity index (χ4v) is 3.47. The molecule has 2 N–H and O–H groups in total. The molecule has 2 rings (SSSR count). The van der Waals surface area contributed by atoms with Gasteiger partial charge in [0.15, 0.2) is 13.5 Å². The maximum absolute atomic E-state index is 12.4. The Morgan fingerprint density at radius 1 is 1.33 bits per heavy atom. The van der Waals surface area contributed by atoms with E-state index in [2.05, 4.69) is 20.9 Å². The second-order valence-corrected chi connectivity index (χ2v) is 8.41. The summed E-state index contributed by atoms with van der Waals surface area (Å²) in [5.74, 6) is -1.08. The van der Waals surface area contributed by atoms with E-state index in [0.29, 0.717) is 10.2 Å². The summed E-state index contributed by atoms with van der Waals surface area (Å²) in [7, 11) is 5.15. The topological polar surface area (TPSA) is 103 Å². The molecule has 1 saturated heterocycles. The van der Waals surface area contributed by atoms with Crippen LogP contribution < -0.4 is 0 Å². The number of aromatic nitrogens is 1. The summed E-state index contributed by atoms with van der Waals surface area (Å²) < 4.78 is 5.81. The average Bonchev–Trinajstić information content (AvgIpc) is 2.50. The highest BCUT2D eigenvalue weighted by atomic mass is 79.9. The van der Waals surface area contributed by atoms with Crippen LogP contribution in [-0.4, -0.2) is 75.8 Å². The average molecular weight is 461 g/mol. The Hall–Kier alpha value is -1.36. The summed E-state index contributed by atoms with van der Waals surface area (Å²) in [4.78, 5) is 31.4. The number of aliphatic hydroxyl groups is 2. The minimum atomic E-state index is -3.03. The minimum Gasteiger partial charge on any atom is -0.444 e. The first-order chi connectivity index (χ1) is 12.3. The molecule has 1 aliphatic heterocycles. The standard InChI is InChI=1S/C16H20BBrClN3O5/c1-15(2,3)27-14(24)21-4-5-22(13(23)16(17,25)26)10(8-21)9-6-11(18)20-12(19)7-9/h6-7,10,25-26H,4-5,8H2,1-3H3. The van der Waals surface area contributed by atoms with E-state index in [0.717, 1.165) is 0 Å². The lowest BCUT2D eigenvalue weighted by molar-refractivity contribution is -0.174. The number of piperazine rings is 1. The number of hydrogen-bond acceptors (Lipinski definition) is 6. The van der Waals surface area contributed by atoms with Gasteiger partial charge in [0, 0.05) is 19.6 Å². The zero-order chi connectivity index (χ0) is 20.6. The van der Waals surface area contributed by atoms with Gasteiger partial charge in [0.2, 0.25) is 0 Å². The van der Waals surface area contributed by atoms with Crippen LogP contribution in [0.4, 0.5) is 4.79 Å². The number of rotatable bonds is 2. The normalized spacial score (nSPS) is 18.4. The van der Waals surface area contributed by atoms with Gasteiger partial charge in [-0.15, -0.1) is 0 Å². The lowest BCUT2D eigenvalue weighted by atomic mass is 9.91. The smallest absolute Gasteiger partial charge is 0.410 e.